The van der Waals surface area contributed by atoms with Gasteiger partial charge in [0, 0.05) is 41.7 Å². The van der Waals surface area contributed by atoms with Crippen LogP contribution < -0.4 is 16.0 Å². The number of pyridine rings is 1. The van der Waals surface area contributed by atoms with Crippen LogP contribution in [0.25, 0.3) is 0 Å². The Bertz CT molecular complexity index is 1390. The summed E-state index contributed by atoms with van der Waals surface area (Å²) in [6.45, 7) is 6.59. The van der Waals surface area contributed by atoms with Crippen LogP contribution in [0.15, 0.2) is 36.7 Å². The second-order valence-corrected chi connectivity index (χ2v) is 13.9. The van der Waals surface area contributed by atoms with Gasteiger partial charge in [0.2, 0.25) is 10.0 Å². The second kappa shape index (κ2) is 13.3. The number of amides is 2. The largest absolute Gasteiger partial charge is 0.452 e. The molecule has 2 fully saturated rings. The Morgan fingerprint density at radius 1 is 1.21 bits per heavy atom. The van der Waals surface area contributed by atoms with E-state index in [1.54, 1.807) is 28.6 Å². The highest BCUT2D eigenvalue weighted by atomic mass is 35.5. The number of carbonyl (C=O) groups excluding carboxylic acids is 2. The van der Waals surface area contributed by atoms with Crippen LogP contribution in [0.1, 0.15) is 57.1 Å². The molecule has 1 aliphatic heterocycles. The third-order valence-corrected chi connectivity index (χ3v) is 10.8. The molecule has 0 spiro atoms. The standard InChI is InChI=1S/C29H39ClFN5O5S/c1-17(2)26(19-5-7-20(30)8-6-19)27(32)28(37)35(29(38)41-4)25-16-34-15-24(31)23(25)12-9-21-14-33-13-18(3)36(21)42(39,40)22-10-11-22/h5-8,15-18,21-22,26-27,33H,9-14,32H2,1-4H3/t18-,21-,26+,27-/m0/s1. The molecule has 1 aromatic heterocycles. The molecule has 0 bridgehead atoms. The lowest BCUT2D eigenvalue weighted by Crippen LogP contribution is -2.59. The molecule has 1 aliphatic carbocycles. The van der Waals surface area contributed by atoms with Crippen LogP contribution >= 0.6 is 11.6 Å². The number of nitrogens with one attached hydrogen (secondary N) is 1. The van der Waals surface area contributed by atoms with E-state index in [1.165, 1.54) is 6.20 Å². The number of piperazine rings is 1. The first kappa shape index (κ1) is 32.3. The highest BCUT2D eigenvalue weighted by Crippen LogP contribution is 2.36. The lowest BCUT2D eigenvalue weighted by atomic mass is 9.82. The highest BCUT2D eigenvalue weighted by molar-refractivity contribution is 7.90. The number of nitrogens with zero attached hydrogens (tertiary/aromatic N) is 3. The molecule has 2 aliphatic rings. The first-order valence-corrected chi connectivity index (χ1v) is 16.0. The van der Waals surface area contributed by atoms with Crippen molar-refractivity contribution in [1.29, 1.82) is 0 Å². The van der Waals surface area contributed by atoms with Crippen molar-refractivity contribution >= 4 is 39.3 Å². The summed E-state index contributed by atoms with van der Waals surface area (Å²) in [6, 6.07) is 5.07. The Hall–Kier alpha value is -2.64. The van der Waals surface area contributed by atoms with Gasteiger partial charge in [-0.1, -0.05) is 37.6 Å². The zero-order valence-electron chi connectivity index (χ0n) is 24.3. The molecule has 2 aromatic rings. The van der Waals surface area contributed by atoms with Crippen LogP contribution in [0.2, 0.25) is 5.02 Å². The zero-order chi connectivity index (χ0) is 30.8. The molecule has 2 heterocycles. The van der Waals surface area contributed by atoms with Gasteiger partial charge >= 0.3 is 6.09 Å². The zero-order valence-corrected chi connectivity index (χ0v) is 25.9. The molecule has 0 radical (unpaired) electrons. The van der Waals surface area contributed by atoms with E-state index in [9.17, 15) is 18.0 Å². The summed E-state index contributed by atoms with van der Waals surface area (Å²) in [7, 11) is -2.37. The van der Waals surface area contributed by atoms with Gasteiger partial charge in [0.25, 0.3) is 5.91 Å². The van der Waals surface area contributed by atoms with Crippen molar-refractivity contribution in [3.63, 3.8) is 0 Å². The average molecular weight is 624 g/mol. The minimum atomic E-state index is -3.49. The van der Waals surface area contributed by atoms with Crippen molar-refractivity contribution in [2.75, 3.05) is 25.1 Å². The van der Waals surface area contributed by atoms with Gasteiger partial charge in [0.1, 0.15) is 5.82 Å². The highest BCUT2D eigenvalue weighted by Gasteiger charge is 2.46. The summed E-state index contributed by atoms with van der Waals surface area (Å²) in [5, 5.41) is 3.41. The Kier molecular flexibility index (Phi) is 10.2. The predicted octanol–water partition coefficient (Wildman–Crippen LogP) is 3.83. The van der Waals surface area contributed by atoms with Gasteiger partial charge in [-0.3, -0.25) is 9.78 Å². The number of nitrogens with two attached hydrogens (primary N) is 1. The van der Waals surface area contributed by atoms with Crippen molar-refractivity contribution in [2.45, 2.75) is 75.7 Å². The van der Waals surface area contributed by atoms with Gasteiger partial charge in [-0.2, -0.15) is 4.31 Å². The average Bonchev–Trinajstić information content (AvgIpc) is 3.80. The number of aromatic nitrogens is 1. The van der Waals surface area contributed by atoms with Crippen LogP contribution in [0.3, 0.4) is 0 Å². The van der Waals surface area contributed by atoms with Crippen LogP contribution in [-0.4, -0.2) is 73.3 Å². The van der Waals surface area contributed by atoms with E-state index in [2.05, 4.69) is 10.3 Å². The minimum Gasteiger partial charge on any atom is -0.452 e. The fourth-order valence-corrected chi connectivity index (χ4v) is 8.19. The van der Waals surface area contributed by atoms with Crippen molar-refractivity contribution < 1.29 is 27.1 Å². The lowest BCUT2D eigenvalue weighted by Gasteiger charge is -2.40. The summed E-state index contributed by atoms with van der Waals surface area (Å²) in [5.41, 5.74) is 7.25. The van der Waals surface area contributed by atoms with E-state index in [4.69, 9.17) is 22.1 Å². The monoisotopic (exact) mass is 623 g/mol. The SMILES string of the molecule is COC(=O)N(C(=O)[C@@H](N)[C@@H](c1ccc(Cl)cc1)C(C)C)c1cncc(F)c1CC[C@H]1CNC[C@H](C)N1S(=O)(=O)C1CC1. The van der Waals surface area contributed by atoms with Crippen LogP contribution in [-0.2, 0) is 26.0 Å². The van der Waals surface area contributed by atoms with E-state index in [0.29, 0.717) is 31.0 Å². The molecule has 3 N–H and O–H groups in total. The Labute approximate surface area is 251 Å². The van der Waals surface area contributed by atoms with Crippen LogP contribution in [0, 0.1) is 11.7 Å². The molecular formula is C29H39ClFN5O5S. The number of methoxy groups -OCH3 is 1. The van der Waals surface area contributed by atoms with Crippen molar-refractivity contribution in [3.05, 3.63) is 58.6 Å². The van der Waals surface area contributed by atoms with Crippen LogP contribution in [0.5, 0.6) is 0 Å². The normalized spacial score (nSPS) is 21.1. The molecule has 1 aromatic carbocycles. The number of ether oxygens (including phenoxy) is 1. The number of hydrogen-bond acceptors (Lipinski definition) is 8. The van der Waals surface area contributed by atoms with Gasteiger partial charge in [0.05, 0.1) is 36.5 Å². The summed E-state index contributed by atoms with van der Waals surface area (Å²) in [6.07, 6.45) is 2.77. The predicted molar refractivity (Wildman–Crippen MR) is 159 cm³/mol. The fraction of sp³-hybridized carbons (Fsp3) is 0.552. The van der Waals surface area contributed by atoms with Gasteiger partial charge in [-0.05, 0) is 56.2 Å². The third kappa shape index (κ3) is 6.78. The van der Waals surface area contributed by atoms with E-state index < -0.39 is 45.8 Å². The number of anilines is 1. The maximum atomic E-state index is 15.4. The number of benzene rings is 1. The molecule has 42 heavy (non-hydrogen) atoms. The quantitative estimate of drug-likeness (QED) is 0.408. The van der Waals surface area contributed by atoms with Gasteiger partial charge < -0.3 is 15.8 Å². The molecule has 10 nitrogen and oxygen atoms in total. The number of sulfonamides is 1. The Morgan fingerprint density at radius 2 is 1.88 bits per heavy atom. The van der Waals surface area contributed by atoms with Gasteiger partial charge in [-0.15, -0.1) is 0 Å². The first-order valence-electron chi connectivity index (χ1n) is 14.2. The van der Waals surface area contributed by atoms with E-state index >= 15 is 4.39 Å². The summed E-state index contributed by atoms with van der Waals surface area (Å²) >= 11 is 6.06. The van der Waals surface area contributed by atoms with Crippen molar-refractivity contribution in [3.8, 4) is 0 Å². The Morgan fingerprint density at radius 3 is 2.48 bits per heavy atom. The molecule has 4 atom stereocenters. The summed E-state index contributed by atoms with van der Waals surface area (Å²) < 4.78 is 48.4. The number of carbonyl (C=O) groups is 2. The molecule has 0 unspecified atom stereocenters. The van der Waals surface area contributed by atoms with E-state index in [1.807, 2.05) is 20.8 Å². The van der Waals surface area contributed by atoms with Gasteiger partial charge in [0.15, 0.2) is 0 Å². The number of imide groups is 1. The third-order valence-electron chi connectivity index (χ3n) is 8.03. The summed E-state index contributed by atoms with van der Waals surface area (Å²) in [4.78, 5) is 31.7. The molecule has 13 heteroatoms. The number of rotatable bonds is 10. The van der Waals surface area contributed by atoms with Crippen molar-refractivity contribution in [2.24, 2.45) is 11.7 Å². The van der Waals surface area contributed by atoms with Crippen LogP contribution in [0.4, 0.5) is 14.9 Å². The first-order chi connectivity index (χ1) is 19.9. The fourth-order valence-electron chi connectivity index (χ4n) is 5.82. The Balaban J connectivity index is 1.66. The smallest absolute Gasteiger partial charge is 0.421 e. The summed E-state index contributed by atoms with van der Waals surface area (Å²) in [5.74, 6) is -2.11. The molecule has 1 saturated carbocycles. The molecular weight excluding hydrogens is 585 g/mol. The molecule has 1 saturated heterocycles. The minimum absolute atomic E-state index is 0.0419. The topological polar surface area (TPSA) is 135 Å². The maximum Gasteiger partial charge on any atom is 0.421 e. The van der Waals surface area contributed by atoms with Gasteiger partial charge in [-0.25, -0.2) is 22.5 Å². The maximum absolute atomic E-state index is 15.4. The molecule has 4 rings (SSSR count). The number of halogens is 2. The van der Waals surface area contributed by atoms with E-state index in [-0.39, 0.29) is 41.3 Å². The second-order valence-electron chi connectivity index (χ2n) is 11.4. The van der Waals surface area contributed by atoms with E-state index in [0.717, 1.165) is 23.8 Å². The molecule has 230 valence electrons. The lowest BCUT2D eigenvalue weighted by molar-refractivity contribution is -0.120. The molecule has 2 amide bonds. The number of hydrogen-bond donors (Lipinski definition) is 2. The van der Waals surface area contributed by atoms with Crippen molar-refractivity contribution in [1.82, 2.24) is 14.6 Å².